The van der Waals surface area contributed by atoms with Crippen LogP contribution in [0.5, 0.6) is 0 Å². The lowest BCUT2D eigenvalue weighted by atomic mass is 10.1. The van der Waals surface area contributed by atoms with Crippen LogP contribution in [0.1, 0.15) is 15.9 Å². The fraction of sp³-hybridized carbons (Fsp3) is 0.133. The molecule has 0 radical (unpaired) electrons. The van der Waals surface area contributed by atoms with Crippen LogP contribution in [-0.4, -0.2) is 26.0 Å². The highest BCUT2D eigenvalue weighted by atomic mass is 32.2. The van der Waals surface area contributed by atoms with Gasteiger partial charge < -0.3 is 5.11 Å². The maximum Gasteiger partial charge on any atom is 0.335 e. The van der Waals surface area contributed by atoms with Crippen LogP contribution in [0.15, 0.2) is 47.4 Å². The number of rotatable bonds is 3. The third-order valence-corrected chi connectivity index (χ3v) is 5.44. The number of aromatic carboxylic acids is 1. The number of hydrogen-bond donors (Lipinski definition) is 1. The molecule has 0 atom stereocenters. The van der Waals surface area contributed by atoms with Crippen molar-refractivity contribution in [1.29, 1.82) is 0 Å². The average molecular weight is 321 g/mol. The Morgan fingerprint density at radius 2 is 1.91 bits per heavy atom. The molecule has 0 saturated carbocycles. The number of carbonyl (C=O) groups is 1. The molecule has 0 aliphatic carbocycles. The fourth-order valence-corrected chi connectivity index (χ4v) is 4.07. The first kappa shape index (κ1) is 14.5. The van der Waals surface area contributed by atoms with Crippen molar-refractivity contribution in [3.05, 3.63) is 59.4 Å². The Bertz CT molecular complexity index is 864. The third kappa shape index (κ3) is 2.23. The first-order valence-corrected chi connectivity index (χ1v) is 7.99. The van der Waals surface area contributed by atoms with Gasteiger partial charge in [-0.2, -0.15) is 0 Å². The molecule has 0 amide bonds. The molecular formula is C15H12FNO4S. The van der Waals surface area contributed by atoms with Crippen LogP contribution in [-0.2, 0) is 16.4 Å². The number of carboxylic acids is 1. The molecule has 0 spiro atoms. The fourth-order valence-electron chi connectivity index (χ4n) is 2.51. The highest BCUT2D eigenvalue weighted by Gasteiger charge is 2.33. The Hall–Kier alpha value is -2.41. The van der Waals surface area contributed by atoms with Gasteiger partial charge in [-0.3, -0.25) is 4.31 Å². The largest absolute Gasteiger partial charge is 0.478 e. The molecule has 1 N–H and O–H groups in total. The summed E-state index contributed by atoms with van der Waals surface area (Å²) in [5, 5.41) is 9.04. The second-order valence-electron chi connectivity index (χ2n) is 4.91. The Balaban J connectivity index is 2.11. The van der Waals surface area contributed by atoms with E-state index in [2.05, 4.69) is 0 Å². The molecule has 2 aromatic carbocycles. The van der Waals surface area contributed by atoms with E-state index in [-0.39, 0.29) is 12.1 Å². The Morgan fingerprint density at radius 1 is 1.18 bits per heavy atom. The monoisotopic (exact) mass is 321 g/mol. The summed E-state index contributed by atoms with van der Waals surface area (Å²) in [6.45, 7) is 0.162. The van der Waals surface area contributed by atoms with E-state index >= 15 is 0 Å². The minimum absolute atomic E-state index is 0.00520. The van der Waals surface area contributed by atoms with Gasteiger partial charge >= 0.3 is 5.97 Å². The lowest BCUT2D eigenvalue weighted by molar-refractivity contribution is 0.0697. The molecule has 114 valence electrons. The van der Waals surface area contributed by atoms with E-state index in [1.807, 2.05) is 0 Å². The van der Waals surface area contributed by atoms with E-state index in [0.29, 0.717) is 12.1 Å². The van der Waals surface area contributed by atoms with Gasteiger partial charge in [0.2, 0.25) is 0 Å². The number of anilines is 1. The maximum absolute atomic E-state index is 13.8. The molecule has 1 aliphatic rings. The topological polar surface area (TPSA) is 74.7 Å². The van der Waals surface area contributed by atoms with Crippen molar-refractivity contribution in [2.24, 2.45) is 0 Å². The number of nitrogens with zero attached hydrogens (tertiary/aromatic N) is 1. The van der Waals surface area contributed by atoms with E-state index in [4.69, 9.17) is 5.11 Å². The van der Waals surface area contributed by atoms with Crippen LogP contribution in [0.4, 0.5) is 10.1 Å². The summed E-state index contributed by atoms with van der Waals surface area (Å²) >= 11 is 0. The zero-order chi connectivity index (χ0) is 15.9. The molecular weight excluding hydrogens is 309 g/mol. The summed E-state index contributed by atoms with van der Waals surface area (Å²) in [7, 11) is -4.06. The van der Waals surface area contributed by atoms with Crippen molar-refractivity contribution in [2.45, 2.75) is 11.3 Å². The molecule has 1 aliphatic heterocycles. The van der Waals surface area contributed by atoms with E-state index in [1.54, 1.807) is 6.07 Å². The van der Waals surface area contributed by atoms with Gasteiger partial charge in [0, 0.05) is 6.54 Å². The number of halogens is 1. The van der Waals surface area contributed by atoms with E-state index < -0.39 is 26.7 Å². The number of benzene rings is 2. The standard InChI is InChI=1S/C15H12FNO4S/c16-12-3-1-2-4-14(12)22(20,21)17-8-7-10-5-6-11(15(18)19)9-13(10)17/h1-6,9H,7-8H2,(H,18,19). The van der Waals surface area contributed by atoms with Crippen molar-refractivity contribution >= 4 is 21.7 Å². The SMILES string of the molecule is O=C(O)c1ccc2c(c1)N(S(=O)(=O)c1ccccc1F)CC2. The highest BCUT2D eigenvalue weighted by Crippen LogP contribution is 2.34. The van der Waals surface area contributed by atoms with Gasteiger partial charge in [0.1, 0.15) is 10.7 Å². The number of fused-ring (bicyclic) bond motifs is 1. The average Bonchev–Trinajstić information content (AvgIpc) is 2.91. The second kappa shape index (κ2) is 5.10. The molecule has 0 unspecified atom stereocenters. The molecule has 2 aromatic rings. The van der Waals surface area contributed by atoms with Gasteiger partial charge in [-0.15, -0.1) is 0 Å². The predicted molar refractivity (Wildman–Crippen MR) is 78.0 cm³/mol. The minimum atomic E-state index is -4.06. The summed E-state index contributed by atoms with van der Waals surface area (Å²) in [5.41, 5.74) is 1.02. The molecule has 0 saturated heterocycles. The highest BCUT2D eigenvalue weighted by molar-refractivity contribution is 7.92. The summed E-state index contributed by atoms with van der Waals surface area (Å²) in [4.78, 5) is 10.6. The van der Waals surface area contributed by atoms with E-state index in [9.17, 15) is 17.6 Å². The maximum atomic E-state index is 13.8. The van der Waals surface area contributed by atoms with E-state index in [0.717, 1.165) is 15.9 Å². The number of sulfonamides is 1. The molecule has 0 bridgehead atoms. The molecule has 3 rings (SSSR count). The first-order valence-electron chi connectivity index (χ1n) is 6.55. The molecule has 0 fully saturated rings. The lowest BCUT2D eigenvalue weighted by Crippen LogP contribution is -2.29. The molecule has 1 heterocycles. The van der Waals surface area contributed by atoms with Crippen LogP contribution in [0.3, 0.4) is 0 Å². The lowest BCUT2D eigenvalue weighted by Gasteiger charge is -2.20. The zero-order valence-corrected chi connectivity index (χ0v) is 12.2. The molecule has 0 aromatic heterocycles. The Kier molecular flexibility index (Phi) is 3.37. The van der Waals surface area contributed by atoms with Gasteiger partial charge in [-0.1, -0.05) is 18.2 Å². The van der Waals surface area contributed by atoms with Gasteiger partial charge in [0.05, 0.1) is 11.3 Å². The Morgan fingerprint density at radius 3 is 2.59 bits per heavy atom. The van der Waals surface area contributed by atoms with Gasteiger partial charge in [0.15, 0.2) is 0 Å². The number of carboxylic acid groups (broad SMARTS) is 1. The molecule has 5 nitrogen and oxygen atoms in total. The Labute approximate surface area is 126 Å². The van der Waals surface area contributed by atoms with Crippen molar-refractivity contribution in [3.63, 3.8) is 0 Å². The van der Waals surface area contributed by atoms with Crippen LogP contribution < -0.4 is 4.31 Å². The predicted octanol–water partition coefficient (Wildman–Crippen LogP) is 2.28. The number of hydrogen-bond acceptors (Lipinski definition) is 3. The zero-order valence-electron chi connectivity index (χ0n) is 11.4. The van der Waals surface area contributed by atoms with Crippen molar-refractivity contribution in [2.75, 3.05) is 10.8 Å². The van der Waals surface area contributed by atoms with Gasteiger partial charge in [-0.05, 0) is 36.2 Å². The van der Waals surface area contributed by atoms with Gasteiger partial charge in [-0.25, -0.2) is 17.6 Å². The summed E-state index contributed by atoms with van der Waals surface area (Å²) in [6, 6.07) is 9.47. The smallest absolute Gasteiger partial charge is 0.335 e. The normalized spacial score (nSPS) is 14.0. The quantitative estimate of drug-likeness (QED) is 0.941. The third-order valence-electron chi connectivity index (χ3n) is 3.59. The second-order valence-corrected chi connectivity index (χ2v) is 6.74. The van der Waals surface area contributed by atoms with Crippen LogP contribution in [0.2, 0.25) is 0 Å². The van der Waals surface area contributed by atoms with Crippen molar-refractivity contribution in [3.8, 4) is 0 Å². The minimum Gasteiger partial charge on any atom is -0.478 e. The van der Waals surface area contributed by atoms with Crippen LogP contribution in [0.25, 0.3) is 0 Å². The summed E-state index contributed by atoms with van der Waals surface area (Å²) < 4.78 is 40.2. The van der Waals surface area contributed by atoms with Crippen molar-refractivity contribution in [1.82, 2.24) is 0 Å². The van der Waals surface area contributed by atoms with E-state index in [1.165, 1.54) is 30.3 Å². The van der Waals surface area contributed by atoms with Crippen molar-refractivity contribution < 1.29 is 22.7 Å². The van der Waals surface area contributed by atoms with Crippen LogP contribution >= 0.6 is 0 Å². The van der Waals surface area contributed by atoms with Crippen LogP contribution in [0, 0.1) is 5.82 Å². The summed E-state index contributed by atoms with van der Waals surface area (Å²) in [6.07, 6.45) is 0.461. The van der Waals surface area contributed by atoms with Gasteiger partial charge in [0.25, 0.3) is 10.0 Å². The summed E-state index contributed by atoms with van der Waals surface area (Å²) in [5.74, 6) is -1.97. The molecule has 22 heavy (non-hydrogen) atoms. The molecule has 7 heteroatoms. The first-order chi connectivity index (χ1) is 10.4.